The van der Waals surface area contributed by atoms with Crippen molar-refractivity contribution in [3.8, 4) is 0 Å². The van der Waals surface area contributed by atoms with Crippen molar-refractivity contribution in [1.29, 1.82) is 0 Å². The number of rotatable bonds is 6. The molecule has 0 aromatic carbocycles. The van der Waals surface area contributed by atoms with E-state index < -0.39 is 0 Å². The number of hydrogen-bond acceptors (Lipinski definition) is 0. The van der Waals surface area contributed by atoms with Gasteiger partial charge in [-0.2, -0.15) is 0 Å². The largest absolute Gasteiger partial charge is 1.00 e. The topological polar surface area (TPSA) is 0 Å². The molecule has 2 aliphatic carbocycles. The number of hydrogen-bond donors (Lipinski definition) is 0. The summed E-state index contributed by atoms with van der Waals surface area (Å²) in [7, 11) is 0. The van der Waals surface area contributed by atoms with Crippen LogP contribution < -0.4 is 34.0 Å². The summed E-state index contributed by atoms with van der Waals surface area (Å²) in [6, 6.07) is 0. The molecule has 0 bridgehead atoms. The van der Waals surface area contributed by atoms with Crippen LogP contribution in [0.25, 0.3) is 0 Å². The third-order valence-corrected chi connectivity index (χ3v) is 7.45. The van der Waals surface area contributed by atoms with Crippen molar-refractivity contribution in [3.05, 3.63) is 42.2 Å². The van der Waals surface area contributed by atoms with Gasteiger partial charge in [0.15, 0.2) is 0 Å². The zero-order valence-corrected chi connectivity index (χ0v) is 21.9. The fraction of sp³-hybridized carbons (Fsp3) is 0.636. The summed E-state index contributed by atoms with van der Waals surface area (Å²) in [5, 5.41) is 0. The summed E-state index contributed by atoms with van der Waals surface area (Å²) in [5.74, 6) is 2.69. The average Bonchev–Trinajstić information content (AvgIpc) is 3.02. The molecular weight excluding hydrogens is 472 g/mol. The Bertz CT molecular complexity index is 535. The minimum Gasteiger partial charge on any atom is -1.00 e. The number of allylic oxidation sites excluding steroid dienone is 8. The summed E-state index contributed by atoms with van der Waals surface area (Å²) >= 11 is -0.140. The Morgan fingerprint density at radius 3 is 1.16 bits per heavy atom. The Morgan fingerprint density at radius 2 is 0.920 bits per heavy atom. The maximum Gasteiger partial charge on any atom is -1.00 e. The average molecular weight is 506 g/mol. The minimum absolute atomic E-state index is 0. The molecule has 0 amide bonds. The van der Waals surface area contributed by atoms with Crippen LogP contribution in [0.2, 0.25) is 0 Å². The molecule has 140 valence electrons. The van der Waals surface area contributed by atoms with Crippen molar-refractivity contribution in [1.82, 2.24) is 0 Å². The maximum atomic E-state index is 2.53. The molecule has 0 atom stereocenters. The van der Waals surface area contributed by atoms with E-state index in [9.17, 15) is 0 Å². The zero-order chi connectivity index (χ0) is 17.3. The van der Waals surface area contributed by atoms with Crippen molar-refractivity contribution in [2.45, 2.75) is 68.2 Å². The van der Waals surface area contributed by atoms with E-state index in [2.05, 4.69) is 67.5 Å². The Kier molecular flexibility index (Phi) is 11.1. The van der Waals surface area contributed by atoms with E-state index in [4.69, 9.17) is 0 Å². The van der Waals surface area contributed by atoms with Gasteiger partial charge < -0.3 is 34.0 Å². The predicted molar refractivity (Wildman–Crippen MR) is 98.8 cm³/mol. The fourth-order valence-electron chi connectivity index (χ4n) is 4.09. The Hall–Kier alpha value is 0.634. The monoisotopic (exact) mass is 504 g/mol. The second-order valence-electron chi connectivity index (χ2n) is 8.26. The van der Waals surface area contributed by atoms with E-state index in [1.54, 1.807) is 22.3 Å². The van der Waals surface area contributed by atoms with Gasteiger partial charge >= 0.3 is 153 Å². The minimum atomic E-state index is -0.140. The molecule has 0 spiro atoms. The molecule has 0 saturated carbocycles. The van der Waals surface area contributed by atoms with Crippen molar-refractivity contribution in [2.75, 3.05) is 0 Å². The van der Waals surface area contributed by atoms with Gasteiger partial charge in [0.25, 0.3) is 0 Å². The second kappa shape index (κ2) is 10.8. The van der Waals surface area contributed by atoms with Gasteiger partial charge in [-0.3, -0.25) is 0 Å². The molecule has 0 unspecified atom stereocenters. The van der Waals surface area contributed by atoms with Crippen LogP contribution in [0.3, 0.4) is 0 Å². The molecule has 0 heterocycles. The van der Waals surface area contributed by atoms with E-state index in [0.717, 1.165) is 0 Å². The first-order valence-corrected chi connectivity index (χ1v) is 10.9. The van der Waals surface area contributed by atoms with Gasteiger partial charge in [0.2, 0.25) is 0 Å². The molecule has 0 fully saturated rings. The van der Waals surface area contributed by atoms with Crippen LogP contribution >= 0.6 is 0 Å². The Balaban J connectivity index is 0.00000288. The van der Waals surface area contributed by atoms with Gasteiger partial charge in [-0.05, 0) is 0 Å². The molecule has 0 radical (unpaired) electrons. The normalized spacial score (nSPS) is 17.3. The van der Waals surface area contributed by atoms with Crippen LogP contribution in [0, 0.1) is 23.7 Å². The zero-order valence-electron chi connectivity index (χ0n) is 17.1. The molecule has 2 rings (SSSR count). The fourth-order valence-corrected chi connectivity index (χ4v) is 7.07. The summed E-state index contributed by atoms with van der Waals surface area (Å²) in [6.07, 6.45) is 7.51. The first kappa shape index (κ1) is 25.6. The predicted octanol–water partition coefficient (Wildman–Crippen LogP) is 0.869. The molecule has 0 N–H and O–H groups in total. The van der Waals surface area contributed by atoms with Crippen molar-refractivity contribution < 1.29 is 53.1 Å². The SMILES string of the molecule is CC(C)C1=CC[C]([Ti+2][C]2=C(C(C)C)C(C(C)C)=CC2)=C1C(C)C.[Br-].[Br-]. The van der Waals surface area contributed by atoms with Crippen molar-refractivity contribution in [2.24, 2.45) is 23.7 Å². The van der Waals surface area contributed by atoms with Crippen molar-refractivity contribution in [3.63, 3.8) is 0 Å². The van der Waals surface area contributed by atoms with Gasteiger partial charge in [-0.1, -0.05) is 0 Å². The van der Waals surface area contributed by atoms with Crippen molar-refractivity contribution >= 4 is 0 Å². The molecule has 0 aromatic rings. The number of halogens is 2. The van der Waals surface area contributed by atoms with E-state index in [0.29, 0.717) is 23.7 Å². The molecule has 0 nitrogen and oxygen atoms in total. The quantitative estimate of drug-likeness (QED) is 0.470. The van der Waals surface area contributed by atoms with Crippen LogP contribution in [-0.4, -0.2) is 0 Å². The maximum absolute atomic E-state index is 2.53. The smallest absolute Gasteiger partial charge is 1.00 e. The van der Waals surface area contributed by atoms with E-state index in [1.807, 2.05) is 7.76 Å². The van der Waals surface area contributed by atoms with E-state index >= 15 is 0 Å². The third kappa shape index (κ3) is 5.80. The second-order valence-corrected chi connectivity index (χ2v) is 10.5. The van der Waals surface area contributed by atoms with Crippen LogP contribution in [0.4, 0.5) is 0 Å². The van der Waals surface area contributed by atoms with Gasteiger partial charge in [-0.15, -0.1) is 0 Å². The van der Waals surface area contributed by atoms with Gasteiger partial charge in [0.05, 0.1) is 0 Å². The summed E-state index contributed by atoms with van der Waals surface area (Å²) in [4.78, 5) is 0. The molecule has 3 heteroatoms. The van der Waals surface area contributed by atoms with Crippen LogP contribution in [0.15, 0.2) is 42.2 Å². The molecule has 2 aliphatic rings. The van der Waals surface area contributed by atoms with Gasteiger partial charge in [-0.25, -0.2) is 0 Å². The van der Waals surface area contributed by atoms with E-state index in [-0.39, 0.29) is 53.1 Å². The Morgan fingerprint density at radius 1 is 0.600 bits per heavy atom. The summed E-state index contributed by atoms with van der Waals surface area (Å²) in [5.41, 5.74) is 6.71. The molecule has 0 saturated heterocycles. The van der Waals surface area contributed by atoms with Crippen LogP contribution in [0.5, 0.6) is 0 Å². The standard InChI is InChI=1S/2C11H17.2BrH.Ti/c2*1-8(2)10-6-5-7-11(10)9(3)4;;;/h2*6,8-9H,5H2,1-4H3;2*1H;/q;;;;+2/p-2. The molecule has 0 aliphatic heterocycles. The van der Waals surface area contributed by atoms with Gasteiger partial charge in [0, 0.05) is 0 Å². The first-order valence-electron chi connectivity index (χ1n) is 9.37. The third-order valence-electron chi connectivity index (χ3n) is 5.02. The Labute approximate surface area is 186 Å². The van der Waals surface area contributed by atoms with Crippen LogP contribution in [-0.2, 0) is 19.2 Å². The molecule has 25 heavy (non-hydrogen) atoms. The molecular formula is C22H34Br2Ti. The first-order chi connectivity index (χ1) is 10.7. The van der Waals surface area contributed by atoms with Crippen LogP contribution in [0.1, 0.15) is 68.2 Å². The summed E-state index contributed by atoms with van der Waals surface area (Å²) < 4.78 is 3.63. The van der Waals surface area contributed by atoms with Gasteiger partial charge in [0.1, 0.15) is 0 Å². The molecule has 0 aromatic heterocycles. The summed E-state index contributed by atoms with van der Waals surface area (Å²) in [6.45, 7) is 18.9. The van der Waals surface area contributed by atoms with E-state index in [1.165, 1.54) is 12.8 Å².